The molecular weight excluding hydrogens is 287 g/mol. The molecular formula is C16H23FN2O3. The first-order valence-electron chi connectivity index (χ1n) is 7.80. The van der Waals surface area contributed by atoms with Crippen LogP contribution in [0.1, 0.15) is 5.56 Å². The molecule has 0 bridgehead atoms. The summed E-state index contributed by atoms with van der Waals surface area (Å²) in [5, 5.41) is 13.7. The second kappa shape index (κ2) is 7.48. The molecule has 6 heteroatoms. The van der Waals surface area contributed by atoms with E-state index in [0.29, 0.717) is 13.2 Å². The lowest BCUT2D eigenvalue weighted by Crippen LogP contribution is -2.47. The Labute approximate surface area is 130 Å². The molecule has 2 heterocycles. The monoisotopic (exact) mass is 310 g/mol. The Kier molecular flexibility index (Phi) is 5.38. The van der Waals surface area contributed by atoms with Gasteiger partial charge in [-0.05, 0) is 17.7 Å². The molecule has 5 nitrogen and oxygen atoms in total. The van der Waals surface area contributed by atoms with Crippen LogP contribution in [0.25, 0.3) is 0 Å². The smallest absolute Gasteiger partial charge is 0.123 e. The highest BCUT2D eigenvalue weighted by Crippen LogP contribution is 2.17. The molecule has 2 aliphatic rings. The van der Waals surface area contributed by atoms with E-state index in [0.717, 1.165) is 38.4 Å². The van der Waals surface area contributed by atoms with Gasteiger partial charge < -0.3 is 19.9 Å². The van der Waals surface area contributed by atoms with Gasteiger partial charge in [-0.15, -0.1) is 0 Å². The van der Waals surface area contributed by atoms with Gasteiger partial charge in [0.25, 0.3) is 0 Å². The summed E-state index contributed by atoms with van der Waals surface area (Å²) < 4.78 is 23.9. The van der Waals surface area contributed by atoms with Gasteiger partial charge in [0.2, 0.25) is 0 Å². The number of hydrogen-bond donors (Lipinski definition) is 2. The number of morpholine rings is 1. The summed E-state index contributed by atoms with van der Waals surface area (Å²) in [6.45, 7) is 5.09. The van der Waals surface area contributed by atoms with Crippen LogP contribution in [0.15, 0.2) is 24.3 Å². The first-order chi connectivity index (χ1) is 10.7. The number of ether oxygens (including phenoxy) is 2. The van der Waals surface area contributed by atoms with Gasteiger partial charge in [0, 0.05) is 26.2 Å². The van der Waals surface area contributed by atoms with Crippen LogP contribution in [-0.2, 0) is 16.0 Å². The minimum atomic E-state index is -0.525. The van der Waals surface area contributed by atoms with Crippen LogP contribution in [0, 0.1) is 5.82 Å². The number of benzene rings is 1. The number of aliphatic hydroxyl groups is 1. The third-order valence-electron chi connectivity index (χ3n) is 4.31. The first kappa shape index (κ1) is 15.8. The molecule has 0 aromatic heterocycles. The van der Waals surface area contributed by atoms with Crippen molar-refractivity contribution >= 4 is 0 Å². The molecule has 0 aliphatic carbocycles. The lowest BCUT2D eigenvalue weighted by molar-refractivity contribution is -0.0181. The van der Waals surface area contributed by atoms with Crippen LogP contribution in [0.3, 0.4) is 0 Å². The van der Waals surface area contributed by atoms with Crippen LogP contribution in [0.5, 0.6) is 0 Å². The van der Waals surface area contributed by atoms with E-state index >= 15 is 0 Å². The summed E-state index contributed by atoms with van der Waals surface area (Å²) in [4.78, 5) is 2.26. The second-order valence-corrected chi connectivity index (χ2v) is 5.89. The zero-order valence-electron chi connectivity index (χ0n) is 12.6. The zero-order valence-corrected chi connectivity index (χ0v) is 12.6. The number of hydrogen-bond acceptors (Lipinski definition) is 5. The van der Waals surface area contributed by atoms with Gasteiger partial charge >= 0.3 is 0 Å². The number of aliphatic hydroxyl groups excluding tert-OH is 1. The fourth-order valence-electron chi connectivity index (χ4n) is 2.91. The molecule has 2 fully saturated rings. The molecule has 2 N–H and O–H groups in total. The van der Waals surface area contributed by atoms with Gasteiger partial charge in [-0.3, -0.25) is 4.90 Å². The Hall–Kier alpha value is -1.05. The highest BCUT2D eigenvalue weighted by Gasteiger charge is 2.36. The highest BCUT2D eigenvalue weighted by molar-refractivity contribution is 5.16. The lowest BCUT2D eigenvalue weighted by Gasteiger charge is -2.30. The number of nitrogens with zero attached hydrogens (tertiary/aromatic N) is 1. The van der Waals surface area contributed by atoms with Crippen LogP contribution >= 0.6 is 0 Å². The summed E-state index contributed by atoms with van der Waals surface area (Å²) in [5.74, 6) is -0.237. The van der Waals surface area contributed by atoms with Crippen LogP contribution < -0.4 is 5.32 Å². The van der Waals surface area contributed by atoms with Crippen molar-refractivity contribution in [1.82, 2.24) is 10.2 Å². The van der Waals surface area contributed by atoms with E-state index in [-0.39, 0.29) is 18.0 Å². The summed E-state index contributed by atoms with van der Waals surface area (Å²) in [5.41, 5.74) is 0.991. The van der Waals surface area contributed by atoms with Crippen molar-refractivity contribution in [2.24, 2.45) is 0 Å². The summed E-state index contributed by atoms with van der Waals surface area (Å²) in [6, 6.07) is 6.29. The Bertz CT molecular complexity index is 465. The van der Waals surface area contributed by atoms with Crippen molar-refractivity contribution in [3.8, 4) is 0 Å². The third-order valence-corrected chi connectivity index (χ3v) is 4.31. The van der Waals surface area contributed by atoms with E-state index in [1.807, 2.05) is 0 Å². The Morgan fingerprint density at radius 2 is 1.95 bits per heavy atom. The first-order valence-corrected chi connectivity index (χ1v) is 7.80. The average molecular weight is 310 g/mol. The zero-order chi connectivity index (χ0) is 15.4. The van der Waals surface area contributed by atoms with Crippen molar-refractivity contribution in [1.29, 1.82) is 0 Å². The molecule has 2 aliphatic heterocycles. The van der Waals surface area contributed by atoms with Crippen molar-refractivity contribution in [2.75, 3.05) is 39.5 Å². The van der Waals surface area contributed by atoms with E-state index in [1.165, 1.54) is 12.1 Å². The molecule has 0 spiro atoms. The molecule has 0 amide bonds. The quantitative estimate of drug-likeness (QED) is 0.823. The molecule has 0 saturated carbocycles. The van der Waals surface area contributed by atoms with E-state index < -0.39 is 6.10 Å². The van der Waals surface area contributed by atoms with E-state index in [9.17, 15) is 9.50 Å². The van der Waals surface area contributed by atoms with E-state index in [1.54, 1.807) is 12.1 Å². The average Bonchev–Trinajstić information content (AvgIpc) is 2.88. The second-order valence-electron chi connectivity index (χ2n) is 5.89. The fourth-order valence-corrected chi connectivity index (χ4v) is 2.91. The minimum Gasteiger partial charge on any atom is -0.389 e. The van der Waals surface area contributed by atoms with Crippen LogP contribution in [-0.4, -0.2) is 67.7 Å². The largest absolute Gasteiger partial charge is 0.389 e. The Morgan fingerprint density at radius 1 is 1.23 bits per heavy atom. The summed E-state index contributed by atoms with van der Waals surface area (Å²) in [7, 11) is 0. The van der Waals surface area contributed by atoms with Crippen LogP contribution in [0.4, 0.5) is 4.39 Å². The van der Waals surface area contributed by atoms with Gasteiger partial charge in [-0.1, -0.05) is 12.1 Å². The fraction of sp³-hybridized carbons (Fsp3) is 0.625. The van der Waals surface area contributed by atoms with Gasteiger partial charge in [0.1, 0.15) is 5.82 Å². The van der Waals surface area contributed by atoms with Gasteiger partial charge in [0.05, 0.1) is 38.1 Å². The molecule has 3 unspecified atom stereocenters. The van der Waals surface area contributed by atoms with Crippen LogP contribution in [0.2, 0.25) is 0 Å². The van der Waals surface area contributed by atoms with Crippen molar-refractivity contribution < 1.29 is 19.0 Å². The molecule has 1 aromatic carbocycles. The maximum absolute atomic E-state index is 12.9. The molecule has 3 rings (SSSR count). The molecule has 1 aromatic rings. The molecule has 2 saturated heterocycles. The Balaban J connectivity index is 1.46. The molecule has 3 atom stereocenters. The summed E-state index contributed by atoms with van der Waals surface area (Å²) >= 11 is 0. The minimum absolute atomic E-state index is 0.0870. The predicted molar refractivity (Wildman–Crippen MR) is 80.0 cm³/mol. The van der Waals surface area contributed by atoms with Gasteiger partial charge in [0.15, 0.2) is 0 Å². The third kappa shape index (κ3) is 4.02. The normalized spacial score (nSPS) is 29.8. The standard InChI is InChI=1S/C16H23FN2O3/c17-13-3-1-12(2-4-13)9-18-14-11-22-15(16(14)20)10-19-5-7-21-8-6-19/h1-4,14-16,18,20H,5-11H2. The summed E-state index contributed by atoms with van der Waals surface area (Å²) in [6.07, 6.45) is -0.688. The predicted octanol–water partition coefficient (Wildman–Crippen LogP) is 0.376. The maximum Gasteiger partial charge on any atom is 0.123 e. The Morgan fingerprint density at radius 3 is 2.68 bits per heavy atom. The number of rotatable bonds is 5. The number of nitrogens with one attached hydrogen (secondary N) is 1. The van der Waals surface area contributed by atoms with E-state index in [2.05, 4.69) is 10.2 Å². The molecule has 122 valence electrons. The topological polar surface area (TPSA) is 54.0 Å². The number of halogens is 1. The molecule has 0 radical (unpaired) electrons. The maximum atomic E-state index is 12.9. The van der Waals surface area contributed by atoms with Gasteiger partial charge in [-0.2, -0.15) is 0 Å². The van der Waals surface area contributed by atoms with Crippen molar-refractivity contribution in [3.63, 3.8) is 0 Å². The van der Waals surface area contributed by atoms with E-state index in [4.69, 9.17) is 9.47 Å². The molecule has 22 heavy (non-hydrogen) atoms. The SMILES string of the molecule is OC1C(NCc2ccc(F)cc2)COC1CN1CCOCC1. The van der Waals surface area contributed by atoms with Crippen molar-refractivity contribution in [2.45, 2.75) is 24.8 Å². The van der Waals surface area contributed by atoms with Gasteiger partial charge in [-0.25, -0.2) is 4.39 Å². The highest BCUT2D eigenvalue weighted by atomic mass is 19.1. The lowest BCUT2D eigenvalue weighted by atomic mass is 10.1. The van der Waals surface area contributed by atoms with Crippen molar-refractivity contribution in [3.05, 3.63) is 35.6 Å².